The zero-order valence-electron chi connectivity index (χ0n) is 31.7. The van der Waals surface area contributed by atoms with Crippen LogP contribution < -0.4 is 4.90 Å². The van der Waals surface area contributed by atoms with Gasteiger partial charge in [-0.25, -0.2) is 0 Å². The van der Waals surface area contributed by atoms with Crippen molar-refractivity contribution in [3.05, 3.63) is 168 Å². The first-order valence-electron chi connectivity index (χ1n) is 18.6. The van der Waals surface area contributed by atoms with Gasteiger partial charge in [-0.15, -0.1) is 0 Å². The number of hydrogen-bond acceptors (Lipinski definition) is 1. The Morgan fingerprint density at radius 1 is 0.673 bits per heavy atom. The highest BCUT2D eigenvalue weighted by atomic mass is 15.2. The first kappa shape index (κ1) is 38.8. The Bertz CT molecular complexity index is 1720. The second-order valence-corrected chi connectivity index (χ2v) is 11.6. The number of hydrogen-bond donors (Lipinski definition) is 0. The van der Waals surface area contributed by atoms with E-state index in [-0.39, 0.29) is 5.41 Å². The van der Waals surface area contributed by atoms with Gasteiger partial charge in [0.2, 0.25) is 0 Å². The van der Waals surface area contributed by atoms with Crippen molar-refractivity contribution < 1.29 is 0 Å². The molecule has 4 aromatic carbocycles. The Hall–Kier alpha value is -4.62. The first-order chi connectivity index (χ1) is 24.1. The van der Waals surface area contributed by atoms with Gasteiger partial charge < -0.3 is 4.90 Å². The Kier molecular flexibility index (Phi) is 15.4. The topological polar surface area (TPSA) is 3.24 Å². The van der Waals surface area contributed by atoms with Crippen LogP contribution in [0.4, 0.5) is 11.4 Å². The van der Waals surface area contributed by atoms with E-state index in [1.165, 1.54) is 70.5 Å². The zero-order valence-corrected chi connectivity index (χ0v) is 31.7. The SMILES string of the molecule is C=C(/C=C1\C(=C/C)C2(CCCC2)c2ccc(C(/C=C\C)=C/C)cc2N1c1ccc(-c2ccccc2)cc1)c1ccccc1.CC.CC.CC. The average Bonchev–Trinajstić information content (AvgIpc) is 3.67. The Labute approximate surface area is 299 Å². The fraction of sp³-hybridized carbons (Fsp3) is 0.292. The van der Waals surface area contributed by atoms with Crippen molar-refractivity contribution in [3.63, 3.8) is 0 Å². The number of anilines is 2. The Balaban J connectivity index is 0.00000103. The molecule has 0 amide bonds. The van der Waals surface area contributed by atoms with Gasteiger partial charge in [-0.2, -0.15) is 0 Å². The molecule has 0 saturated heterocycles. The molecule has 1 spiro atoms. The monoisotopic (exact) mass is 649 g/mol. The van der Waals surface area contributed by atoms with Gasteiger partial charge in [-0.3, -0.25) is 0 Å². The van der Waals surface area contributed by atoms with E-state index < -0.39 is 0 Å². The molecule has 2 aliphatic rings. The lowest BCUT2D eigenvalue weighted by Crippen LogP contribution is -2.38. The first-order valence-corrected chi connectivity index (χ1v) is 18.6. The maximum atomic E-state index is 4.58. The molecule has 0 radical (unpaired) electrons. The van der Waals surface area contributed by atoms with Gasteiger partial charge in [0.15, 0.2) is 0 Å². The normalized spacial score (nSPS) is 16.3. The van der Waals surface area contributed by atoms with Gasteiger partial charge in [0.1, 0.15) is 0 Å². The number of allylic oxidation sites excluding steroid dienone is 8. The average molecular weight is 650 g/mol. The van der Waals surface area contributed by atoms with Gasteiger partial charge >= 0.3 is 0 Å². The van der Waals surface area contributed by atoms with E-state index >= 15 is 0 Å². The van der Waals surface area contributed by atoms with Crippen LogP contribution in [-0.2, 0) is 5.41 Å². The van der Waals surface area contributed by atoms with Crippen LogP contribution in [0.15, 0.2) is 151 Å². The van der Waals surface area contributed by atoms with Gasteiger partial charge in [-0.1, -0.05) is 170 Å². The summed E-state index contributed by atoms with van der Waals surface area (Å²) in [6, 6.07) is 37.4. The van der Waals surface area contributed by atoms with Crippen LogP contribution in [-0.4, -0.2) is 0 Å². The lowest BCUT2D eigenvalue weighted by molar-refractivity contribution is 0.515. The molecule has 1 aliphatic carbocycles. The van der Waals surface area contributed by atoms with Gasteiger partial charge in [0.05, 0.1) is 11.4 Å². The van der Waals surface area contributed by atoms with Crippen LogP contribution in [0.3, 0.4) is 0 Å². The van der Waals surface area contributed by atoms with Crippen molar-refractivity contribution in [1.82, 2.24) is 0 Å². The summed E-state index contributed by atoms with van der Waals surface area (Å²) in [7, 11) is 0. The van der Waals surface area contributed by atoms with Crippen LogP contribution in [0.1, 0.15) is 105 Å². The summed E-state index contributed by atoms with van der Waals surface area (Å²) in [6.07, 6.45) is 16.1. The maximum absolute atomic E-state index is 4.58. The fourth-order valence-electron chi connectivity index (χ4n) is 7.18. The predicted molar refractivity (Wildman–Crippen MR) is 220 cm³/mol. The molecule has 0 N–H and O–H groups in total. The highest BCUT2D eigenvalue weighted by Gasteiger charge is 2.47. The van der Waals surface area contributed by atoms with Crippen LogP contribution in [0.25, 0.3) is 22.3 Å². The van der Waals surface area contributed by atoms with Crippen molar-refractivity contribution in [3.8, 4) is 11.1 Å². The van der Waals surface area contributed by atoms with E-state index in [0.717, 1.165) is 16.8 Å². The van der Waals surface area contributed by atoms with Crippen molar-refractivity contribution >= 4 is 22.5 Å². The van der Waals surface area contributed by atoms with Gasteiger partial charge in [0, 0.05) is 11.1 Å². The second-order valence-electron chi connectivity index (χ2n) is 11.6. The lowest BCUT2D eigenvalue weighted by Gasteiger charge is -2.46. The van der Waals surface area contributed by atoms with E-state index in [0.29, 0.717) is 0 Å². The van der Waals surface area contributed by atoms with E-state index in [4.69, 9.17) is 0 Å². The molecular weight excluding hydrogens is 591 g/mol. The van der Waals surface area contributed by atoms with Crippen LogP contribution in [0, 0.1) is 0 Å². The van der Waals surface area contributed by atoms with Crippen LogP contribution >= 0.6 is 0 Å². The molecule has 4 aromatic rings. The van der Waals surface area contributed by atoms with Gasteiger partial charge in [0.25, 0.3) is 0 Å². The standard InChI is InChI=1S/C42H41N.3C2H6/c1-5-16-32(6-2)36-23-26-39-41(30-36)43(37-24-21-35(22-25-37)34-19-12-9-13-20-34)40(29-31(4)33-17-10-8-11-18-33)38(7-3)42(39)27-14-15-28-42;3*1-2/h5-13,16-26,29-30H,4,14-15,27-28H2,1-3H3;3*1-2H3/b16-5-,32-6+,38-7+,40-29+;;;. The van der Waals surface area contributed by atoms with E-state index in [9.17, 15) is 0 Å². The highest BCUT2D eigenvalue weighted by molar-refractivity contribution is 5.88. The summed E-state index contributed by atoms with van der Waals surface area (Å²) in [4.78, 5) is 2.49. The molecule has 1 fully saturated rings. The summed E-state index contributed by atoms with van der Waals surface area (Å²) >= 11 is 0. The van der Waals surface area contributed by atoms with Crippen LogP contribution in [0.2, 0.25) is 0 Å². The molecule has 0 bridgehead atoms. The minimum absolute atomic E-state index is 0.00256. The largest absolute Gasteiger partial charge is 0.310 e. The quantitative estimate of drug-likeness (QED) is 0.188. The number of benzene rings is 4. The molecule has 6 rings (SSSR count). The summed E-state index contributed by atoms with van der Waals surface area (Å²) < 4.78 is 0. The fourth-order valence-corrected chi connectivity index (χ4v) is 7.18. The maximum Gasteiger partial charge on any atom is 0.0509 e. The van der Waals surface area contributed by atoms with E-state index in [1.54, 1.807) is 0 Å². The minimum Gasteiger partial charge on any atom is -0.310 e. The molecule has 0 atom stereocenters. The third-order valence-electron chi connectivity index (χ3n) is 9.21. The molecule has 49 heavy (non-hydrogen) atoms. The number of nitrogens with zero attached hydrogens (tertiary/aromatic N) is 1. The summed E-state index contributed by atoms with van der Waals surface area (Å²) in [5.74, 6) is 0. The minimum atomic E-state index is 0.00256. The molecule has 1 heterocycles. The Morgan fingerprint density at radius 2 is 1.24 bits per heavy atom. The molecular formula is C48H59N. The van der Waals surface area contributed by atoms with E-state index in [1.807, 2.05) is 41.5 Å². The lowest BCUT2D eigenvalue weighted by atomic mass is 9.67. The molecule has 0 aromatic heterocycles. The van der Waals surface area contributed by atoms with Crippen LogP contribution in [0.5, 0.6) is 0 Å². The van der Waals surface area contributed by atoms with Gasteiger partial charge in [-0.05, 0) is 102 Å². The second kappa shape index (κ2) is 19.4. The smallest absolute Gasteiger partial charge is 0.0509 e. The molecule has 1 saturated carbocycles. The third-order valence-corrected chi connectivity index (χ3v) is 9.21. The third kappa shape index (κ3) is 8.34. The van der Waals surface area contributed by atoms with Crippen molar-refractivity contribution in [2.45, 2.75) is 93.4 Å². The van der Waals surface area contributed by atoms with Crippen molar-refractivity contribution in [2.75, 3.05) is 4.90 Å². The zero-order chi connectivity index (χ0) is 35.8. The molecule has 0 unspecified atom stereocenters. The summed E-state index contributed by atoms with van der Waals surface area (Å²) in [6.45, 7) is 23.0. The molecule has 1 aliphatic heterocycles. The number of rotatable bonds is 6. The summed E-state index contributed by atoms with van der Waals surface area (Å²) in [5.41, 5.74) is 13.6. The van der Waals surface area contributed by atoms with Crippen molar-refractivity contribution in [1.29, 1.82) is 0 Å². The van der Waals surface area contributed by atoms with Crippen molar-refractivity contribution in [2.24, 2.45) is 0 Å². The van der Waals surface area contributed by atoms with E-state index in [2.05, 4.69) is 166 Å². The summed E-state index contributed by atoms with van der Waals surface area (Å²) in [5, 5.41) is 0. The number of fused-ring (bicyclic) bond motifs is 2. The molecule has 256 valence electrons. The highest BCUT2D eigenvalue weighted by Crippen LogP contribution is 2.58. The molecule has 1 nitrogen and oxygen atoms in total. The predicted octanol–water partition coefficient (Wildman–Crippen LogP) is 14.9. The Morgan fingerprint density at radius 3 is 1.80 bits per heavy atom. The molecule has 1 heteroatoms.